The summed E-state index contributed by atoms with van der Waals surface area (Å²) in [5.41, 5.74) is -1.07. The molecule has 0 aliphatic carbocycles. The summed E-state index contributed by atoms with van der Waals surface area (Å²) < 4.78 is 43.9. The van der Waals surface area contributed by atoms with E-state index >= 15 is 0 Å². The van der Waals surface area contributed by atoms with E-state index in [1.54, 1.807) is 29.2 Å². The minimum atomic E-state index is -4.65. The molecule has 0 amide bonds. The molecule has 0 radical (unpaired) electrons. The van der Waals surface area contributed by atoms with Gasteiger partial charge in [0.1, 0.15) is 12.3 Å². The van der Waals surface area contributed by atoms with E-state index in [0.29, 0.717) is 49.4 Å². The highest BCUT2D eigenvalue weighted by Gasteiger charge is 2.34. The molecule has 11 heteroatoms. The largest absolute Gasteiger partial charge is 0.461 e. The van der Waals surface area contributed by atoms with Gasteiger partial charge in [0.25, 0.3) is 5.69 Å². The van der Waals surface area contributed by atoms with E-state index in [1.807, 2.05) is 4.90 Å². The molecule has 1 fully saturated rings. The number of rotatable bonds is 6. The van der Waals surface area contributed by atoms with Gasteiger partial charge in [0.05, 0.1) is 16.1 Å². The van der Waals surface area contributed by atoms with E-state index in [-0.39, 0.29) is 12.3 Å². The van der Waals surface area contributed by atoms with Gasteiger partial charge in [-0.3, -0.25) is 15.0 Å². The van der Waals surface area contributed by atoms with Crippen molar-refractivity contribution in [2.24, 2.45) is 0 Å². The Labute approximate surface area is 181 Å². The quantitative estimate of drug-likeness (QED) is 0.367. The molecule has 0 spiro atoms. The van der Waals surface area contributed by atoms with E-state index < -0.39 is 28.3 Å². The van der Waals surface area contributed by atoms with Crippen LogP contribution >= 0.6 is 11.6 Å². The number of carbonyl (C=O) groups is 1. The molecule has 1 aliphatic heterocycles. The smallest absolute Gasteiger partial charge is 0.416 e. The molecule has 166 valence electrons. The first-order chi connectivity index (χ1) is 14.6. The Kier molecular flexibility index (Phi) is 7.01. The van der Waals surface area contributed by atoms with Gasteiger partial charge in [-0.1, -0.05) is 11.6 Å². The average molecular weight is 458 g/mol. The van der Waals surface area contributed by atoms with Gasteiger partial charge in [-0.25, -0.2) is 4.79 Å². The summed E-state index contributed by atoms with van der Waals surface area (Å²) >= 11 is 5.78. The van der Waals surface area contributed by atoms with Gasteiger partial charge >= 0.3 is 12.1 Å². The molecule has 0 N–H and O–H groups in total. The zero-order chi connectivity index (χ0) is 22.6. The second-order valence-corrected chi connectivity index (χ2v) is 7.37. The lowest BCUT2D eigenvalue weighted by atomic mass is 10.1. The number of esters is 1. The van der Waals surface area contributed by atoms with Crippen LogP contribution < -0.4 is 4.90 Å². The van der Waals surface area contributed by atoms with Gasteiger partial charge in [-0.2, -0.15) is 13.2 Å². The summed E-state index contributed by atoms with van der Waals surface area (Å²) in [5, 5.41) is 11.8. The van der Waals surface area contributed by atoms with E-state index in [4.69, 9.17) is 16.3 Å². The fraction of sp³-hybridized carbons (Fsp3) is 0.350. The van der Waals surface area contributed by atoms with Crippen LogP contribution in [-0.2, 0) is 10.9 Å². The van der Waals surface area contributed by atoms with E-state index in [9.17, 15) is 28.1 Å². The van der Waals surface area contributed by atoms with Crippen molar-refractivity contribution >= 4 is 28.9 Å². The number of carbonyl (C=O) groups excluding carboxylic acids is 1. The topological polar surface area (TPSA) is 75.9 Å². The van der Waals surface area contributed by atoms with E-state index in [2.05, 4.69) is 0 Å². The number of nitrogens with zero attached hydrogens (tertiary/aromatic N) is 3. The molecular weight excluding hydrogens is 439 g/mol. The molecule has 31 heavy (non-hydrogen) atoms. The highest BCUT2D eigenvalue weighted by molar-refractivity contribution is 6.30. The number of ether oxygens (including phenoxy) is 1. The molecule has 2 aromatic rings. The molecule has 0 unspecified atom stereocenters. The van der Waals surface area contributed by atoms with Gasteiger partial charge in [-0.15, -0.1) is 0 Å². The molecule has 0 atom stereocenters. The summed E-state index contributed by atoms with van der Waals surface area (Å²) in [6.45, 7) is 2.49. The van der Waals surface area contributed by atoms with Crippen LogP contribution in [0.15, 0.2) is 42.5 Å². The maximum atomic E-state index is 12.9. The van der Waals surface area contributed by atoms with Gasteiger partial charge in [-0.05, 0) is 36.4 Å². The summed E-state index contributed by atoms with van der Waals surface area (Å²) in [6, 6.07) is 8.89. The van der Waals surface area contributed by atoms with Gasteiger partial charge in [0.2, 0.25) is 0 Å². The summed E-state index contributed by atoms with van der Waals surface area (Å²) in [6.07, 6.45) is -4.65. The molecule has 1 saturated heterocycles. The maximum Gasteiger partial charge on any atom is 0.416 e. The van der Waals surface area contributed by atoms with Crippen molar-refractivity contribution in [3.8, 4) is 0 Å². The normalized spacial score (nSPS) is 15.0. The maximum absolute atomic E-state index is 12.9. The minimum absolute atomic E-state index is 0.159. The van der Waals surface area contributed by atoms with Gasteiger partial charge in [0.15, 0.2) is 0 Å². The first kappa shape index (κ1) is 22.8. The molecule has 1 aliphatic rings. The first-order valence-electron chi connectivity index (χ1n) is 9.41. The van der Waals surface area contributed by atoms with Crippen molar-refractivity contribution in [3.63, 3.8) is 0 Å². The lowest BCUT2D eigenvalue weighted by Crippen LogP contribution is -2.47. The Morgan fingerprint density at radius 3 is 2.32 bits per heavy atom. The molecule has 2 aromatic carbocycles. The predicted molar refractivity (Wildman–Crippen MR) is 108 cm³/mol. The Bertz CT molecular complexity index is 946. The van der Waals surface area contributed by atoms with Crippen LogP contribution in [0.2, 0.25) is 5.02 Å². The molecule has 3 rings (SSSR count). The molecule has 1 heterocycles. The standard InChI is InChI=1S/C20H19ClF3N3O4/c21-16-4-1-14(2-5-16)19(28)31-12-11-25-7-9-26(10-8-25)17-6-3-15(20(22,23)24)13-18(17)27(29)30/h1-6,13H,7-12H2. The van der Waals surface area contributed by atoms with Crippen LogP contribution in [0.5, 0.6) is 0 Å². The second kappa shape index (κ2) is 9.52. The number of hydrogen-bond acceptors (Lipinski definition) is 6. The van der Waals surface area contributed by atoms with Crippen molar-refractivity contribution in [2.45, 2.75) is 6.18 Å². The third-order valence-corrected chi connectivity index (χ3v) is 5.18. The second-order valence-electron chi connectivity index (χ2n) is 6.93. The molecule has 0 saturated carbocycles. The fourth-order valence-corrected chi connectivity index (χ4v) is 3.39. The van der Waals surface area contributed by atoms with Crippen LogP contribution in [0.1, 0.15) is 15.9 Å². The SMILES string of the molecule is O=C(OCCN1CCN(c2ccc(C(F)(F)F)cc2[N+](=O)[O-])CC1)c1ccc(Cl)cc1. The Morgan fingerprint density at radius 2 is 1.74 bits per heavy atom. The Balaban J connectivity index is 1.53. The minimum Gasteiger partial charge on any atom is -0.461 e. The van der Waals surface area contributed by atoms with Crippen molar-refractivity contribution < 1.29 is 27.6 Å². The number of piperazine rings is 1. The lowest BCUT2D eigenvalue weighted by Gasteiger charge is -2.35. The summed E-state index contributed by atoms with van der Waals surface area (Å²) in [5.74, 6) is -0.462. The fourth-order valence-electron chi connectivity index (χ4n) is 3.26. The number of nitro groups is 1. The Morgan fingerprint density at radius 1 is 1.10 bits per heavy atom. The monoisotopic (exact) mass is 457 g/mol. The highest BCUT2D eigenvalue weighted by Crippen LogP contribution is 2.36. The first-order valence-corrected chi connectivity index (χ1v) is 9.78. The zero-order valence-corrected chi connectivity index (χ0v) is 17.0. The van der Waals surface area contributed by atoms with Crippen LogP contribution in [0.4, 0.5) is 24.5 Å². The number of hydrogen-bond donors (Lipinski definition) is 0. The van der Waals surface area contributed by atoms with Crippen molar-refractivity contribution in [3.05, 3.63) is 68.7 Å². The van der Waals surface area contributed by atoms with E-state index in [0.717, 1.165) is 12.1 Å². The lowest BCUT2D eigenvalue weighted by molar-refractivity contribution is -0.384. The van der Waals surface area contributed by atoms with Crippen LogP contribution in [0.3, 0.4) is 0 Å². The number of anilines is 1. The Hall–Kier alpha value is -2.85. The van der Waals surface area contributed by atoms with Crippen LogP contribution in [0, 0.1) is 10.1 Å². The van der Waals surface area contributed by atoms with Crippen molar-refractivity contribution in [2.75, 3.05) is 44.2 Å². The zero-order valence-electron chi connectivity index (χ0n) is 16.3. The van der Waals surface area contributed by atoms with Crippen LogP contribution in [0.25, 0.3) is 0 Å². The summed E-state index contributed by atoms with van der Waals surface area (Å²) in [7, 11) is 0. The average Bonchev–Trinajstić information content (AvgIpc) is 2.73. The molecule has 7 nitrogen and oxygen atoms in total. The van der Waals surface area contributed by atoms with Crippen LogP contribution in [-0.4, -0.2) is 55.1 Å². The molecular formula is C20H19ClF3N3O4. The summed E-state index contributed by atoms with van der Waals surface area (Å²) in [4.78, 5) is 26.2. The number of benzene rings is 2. The number of halogens is 4. The highest BCUT2D eigenvalue weighted by atomic mass is 35.5. The van der Waals surface area contributed by atoms with Crippen molar-refractivity contribution in [1.82, 2.24) is 4.90 Å². The van der Waals surface area contributed by atoms with E-state index in [1.165, 1.54) is 0 Å². The number of nitro benzene ring substituents is 1. The molecule has 0 aromatic heterocycles. The number of alkyl halides is 3. The van der Waals surface area contributed by atoms with Gasteiger partial charge in [0, 0.05) is 43.8 Å². The van der Waals surface area contributed by atoms with Gasteiger partial charge < -0.3 is 9.64 Å². The predicted octanol–water partition coefficient (Wildman–Crippen LogP) is 4.25. The van der Waals surface area contributed by atoms with Crippen molar-refractivity contribution in [1.29, 1.82) is 0 Å². The third-order valence-electron chi connectivity index (χ3n) is 4.93. The molecule has 0 bridgehead atoms. The third kappa shape index (κ3) is 5.86.